The van der Waals surface area contributed by atoms with E-state index in [-0.39, 0.29) is 0 Å². The Hall–Kier alpha value is -0.850. The molecule has 0 radical (unpaired) electrons. The van der Waals surface area contributed by atoms with Crippen LogP contribution in [0, 0.1) is 0 Å². The Balaban J connectivity index is 3.71. The van der Waals surface area contributed by atoms with Crippen molar-refractivity contribution in [1.29, 1.82) is 0 Å². The molecule has 0 unspecified atom stereocenters. The molecule has 0 heterocycles. The molecule has 0 saturated heterocycles. The Bertz CT molecular complexity index is 141. The maximum Gasteiger partial charge on any atom is 0.0266 e. The number of allylic oxidation sites excluding steroid dienone is 3. The normalized spacial score (nSPS) is 13.9. The molecule has 0 amide bonds. The minimum atomic E-state index is 1.24. The lowest BCUT2D eigenvalue weighted by Crippen LogP contribution is -1.63. The molecule has 0 rings (SSSR count). The maximum atomic E-state index is 3.91. The molecule has 0 N–H and O–H groups in total. The van der Waals surface area contributed by atoms with Gasteiger partial charge in [0, 0.05) is 12.4 Å². The predicted molar refractivity (Wildman–Crippen MR) is 42.7 cm³/mol. The average Bonchev–Trinajstić information content (AvgIpc) is 1.89. The van der Waals surface area contributed by atoms with Crippen LogP contribution < -0.4 is 0 Å². The number of hydrogen-bond acceptors (Lipinski definition) is 1. The summed E-state index contributed by atoms with van der Waals surface area (Å²) in [6.07, 6.45) is 7.57. The fraction of sp³-hybridized carbons (Fsp3) is 0.375. The zero-order chi connectivity index (χ0) is 7.11. The Morgan fingerprint density at radius 2 is 2.00 bits per heavy atom. The first-order chi connectivity index (χ1) is 4.31. The summed E-state index contributed by atoms with van der Waals surface area (Å²) >= 11 is 0. The predicted octanol–water partition coefficient (Wildman–Crippen LogP) is 2.56. The van der Waals surface area contributed by atoms with E-state index in [0.717, 1.165) is 0 Å². The molecule has 9 heavy (non-hydrogen) atoms. The molecule has 50 valence electrons. The van der Waals surface area contributed by atoms with E-state index < -0.39 is 0 Å². The summed E-state index contributed by atoms with van der Waals surface area (Å²) in [6, 6.07) is 0. The van der Waals surface area contributed by atoms with Crippen LogP contribution in [0.15, 0.2) is 28.9 Å². The summed E-state index contributed by atoms with van der Waals surface area (Å²) in [6.45, 7) is 5.95. The lowest BCUT2D eigenvalue weighted by molar-refractivity contribution is 1.44. The van der Waals surface area contributed by atoms with Gasteiger partial charge in [0.05, 0.1) is 0 Å². The van der Waals surface area contributed by atoms with Crippen LogP contribution in [0.3, 0.4) is 0 Å². The fourth-order valence-corrected chi connectivity index (χ4v) is 0.343. The van der Waals surface area contributed by atoms with Crippen molar-refractivity contribution in [2.45, 2.75) is 20.8 Å². The van der Waals surface area contributed by atoms with Crippen molar-refractivity contribution in [3.8, 4) is 0 Å². The van der Waals surface area contributed by atoms with E-state index in [2.05, 4.69) is 4.99 Å². The smallest absolute Gasteiger partial charge is 0.0266 e. The second kappa shape index (κ2) is 5.29. The molecule has 0 bridgehead atoms. The standard InChI is InChI=1S/C8H13N/c1-4-8(3)6-7-9-5-2/h4-7H,1-3H3/b7-6-,8-4-,9-5?. The van der Waals surface area contributed by atoms with Gasteiger partial charge in [0.2, 0.25) is 0 Å². The number of hydrogen-bond donors (Lipinski definition) is 0. The lowest BCUT2D eigenvalue weighted by atomic mass is 10.3. The Morgan fingerprint density at radius 1 is 1.33 bits per heavy atom. The van der Waals surface area contributed by atoms with Crippen molar-refractivity contribution in [2.24, 2.45) is 4.99 Å². The zero-order valence-corrected chi connectivity index (χ0v) is 6.26. The molecule has 0 fully saturated rings. The molecule has 0 aromatic rings. The van der Waals surface area contributed by atoms with E-state index in [9.17, 15) is 0 Å². The van der Waals surface area contributed by atoms with Crippen molar-refractivity contribution in [3.05, 3.63) is 23.9 Å². The Kier molecular flexibility index (Phi) is 4.79. The average molecular weight is 123 g/mol. The van der Waals surface area contributed by atoms with Gasteiger partial charge in [-0.05, 0) is 26.8 Å². The second-order valence-corrected chi connectivity index (χ2v) is 1.76. The summed E-state index contributed by atoms with van der Waals surface area (Å²) in [5, 5.41) is 0. The maximum absolute atomic E-state index is 3.91. The van der Waals surface area contributed by atoms with E-state index in [1.165, 1.54) is 5.57 Å². The molecule has 0 aromatic carbocycles. The molecule has 0 atom stereocenters. The van der Waals surface area contributed by atoms with E-state index in [1.54, 1.807) is 12.4 Å². The third-order valence-electron chi connectivity index (χ3n) is 1.03. The summed E-state index contributed by atoms with van der Waals surface area (Å²) < 4.78 is 0. The van der Waals surface area contributed by atoms with Gasteiger partial charge in [-0.3, -0.25) is 4.99 Å². The van der Waals surface area contributed by atoms with Crippen LogP contribution in [0.1, 0.15) is 20.8 Å². The first-order valence-electron chi connectivity index (χ1n) is 3.08. The minimum absolute atomic E-state index is 1.24. The Morgan fingerprint density at radius 3 is 2.44 bits per heavy atom. The highest BCUT2D eigenvalue weighted by molar-refractivity contribution is 5.54. The molecule has 0 aromatic heterocycles. The minimum Gasteiger partial charge on any atom is -0.269 e. The van der Waals surface area contributed by atoms with Crippen LogP contribution >= 0.6 is 0 Å². The zero-order valence-electron chi connectivity index (χ0n) is 6.26. The monoisotopic (exact) mass is 123 g/mol. The van der Waals surface area contributed by atoms with Crippen LogP contribution in [0.4, 0.5) is 0 Å². The lowest BCUT2D eigenvalue weighted by Gasteiger charge is -1.82. The SMILES string of the molecule is CC=N/C=C\C(C)=C/C. The fourth-order valence-electron chi connectivity index (χ4n) is 0.343. The van der Waals surface area contributed by atoms with Crippen molar-refractivity contribution >= 4 is 6.21 Å². The molecular weight excluding hydrogens is 110 g/mol. The molecule has 0 aliphatic rings. The van der Waals surface area contributed by atoms with E-state index >= 15 is 0 Å². The highest BCUT2D eigenvalue weighted by Gasteiger charge is 1.72. The Labute approximate surface area is 56.8 Å². The van der Waals surface area contributed by atoms with Gasteiger partial charge in [0.15, 0.2) is 0 Å². The third kappa shape index (κ3) is 5.01. The van der Waals surface area contributed by atoms with Crippen LogP contribution in [0.5, 0.6) is 0 Å². The van der Waals surface area contributed by atoms with Crippen molar-refractivity contribution in [1.82, 2.24) is 0 Å². The molecule has 0 aliphatic carbocycles. The molecular formula is C8H13N. The highest BCUT2D eigenvalue weighted by atomic mass is 14.6. The number of rotatable bonds is 2. The van der Waals surface area contributed by atoms with Gasteiger partial charge in [-0.15, -0.1) is 0 Å². The molecule has 0 spiro atoms. The van der Waals surface area contributed by atoms with Gasteiger partial charge in [0.1, 0.15) is 0 Å². The summed E-state index contributed by atoms with van der Waals surface area (Å²) in [7, 11) is 0. The van der Waals surface area contributed by atoms with Crippen molar-refractivity contribution in [3.63, 3.8) is 0 Å². The quantitative estimate of drug-likeness (QED) is 0.395. The number of aliphatic imine (C=N–C) groups is 1. The summed E-state index contributed by atoms with van der Waals surface area (Å²) in [5.41, 5.74) is 1.24. The molecule has 1 nitrogen and oxygen atoms in total. The van der Waals surface area contributed by atoms with Gasteiger partial charge in [0.25, 0.3) is 0 Å². The first kappa shape index (κ1) is 8.15. The number of nitrogens with zero attached hydrogens (tertiary/aromatic N) is 1. The van der Waals surface area contributed by atoms with E-state index in [1.807, 2.05) is 32.9 Å². The van der Waals surface area contributed by atoms with Crippen molar-refractivity contribution in [2.75, 3.05) is 0 Å². The molecule has 0 aliphatic heterocycles. The third-order valence-corrected chi connectivity index (χ3v) is 1.03. The van der Waals surface area contributed by atoms with Gasteiger partial charge in [-0.1, -0.05) is 11.6 Å². The highest BCUT2D eigenvalue weighted by Crippen LogP contribution is 1.92. The van der Waals surface area contributed by atoms with Crippen LogP contribution in [-0.4, -0.2) is 6.21 Å². The van der Waals surface area contributed by atoms with Crippen LogP contribution in [0.25, 0.3) is 0 Å². The summed E-state index contributed by atoms with van der Waals surface area (Å²) in [4.78, 5) is 3.91. The van der Waals surface area contributed by atoms with Crippen molar-refractivity contribution < 1.29 is 0 Å². The van der Waals surface area contributed by atoms with E-state index in [4.69, 9.17) is 0 Å². The molecule has 0 saturated carbocycles. The topological polar surface area (TPSA) is 12.4 Å². The van der Waals surface area contributed by atoms with Gasteiger partial charge >= 0.3 is 0 Å². The molecule has 1 heteroatoms. The van der Waals surface area contributed by atoms with Gasteiger partial charge < -0.3 is 0 Å². The first-order valence-corrected chi connectivity index (χ1v) is 3.08. The van der Waals surface area contributed by atoms with E-state index in [0.29, 0.717) is 0 Å². The largest absolute Gasteiger partial charge is 0.269 e. The van der Waals surface area contributed by atoms with Crippen LogP contribution in [0.2, 0.25) is 0 Å². The summed E-state index contributed by atoms with van der Waals surface area (Å²) in [5.74, 6) is 0. The van der Waals surface area contributed by atoms with Gasteiger partial charge in [-0.25, -0.2) is 0 Å². The van der Waals surface area contributed by atoms with Gasteiger partial charge in [-0.2, -0.15) is 0 Å². The van der Waals surface area contributed by atoms with Crippen LogP contribution in [-0.2, 0) is 0 Å². The second-order valence-electron chi connectivity index (χ2n) is 1.76.